The molecule has 2 rings (SSSR count). The van der Waals surface area contributed by atoms with Gasteiger partial charge in [-0.05, 0) is 43.9 Å². The van der Waals surface area contributed by atoms with Crippen molar-refractivity contribution in [3.63, 3.8) is 0 Å². The highest BCUT2D eigenvalue weighted by molar-refractivity contribution is 5.18. The molecule has 1 aliphatic rings. The fourth-order valence-corrected chi connectivity index (χ4v) is 2.71. The summed E-state index contributed by atoms with van der Waals surface area (Å²) in [5.41, 5.74) is 0.879. The maximum absolute atomic E-state index is 13.5. The minimum atomic E-state index is -0.0471. The van der Waals surface area contributed by atoms with Crippen LogP contribution in [0.3, 0.4) is 0 Å². The second-order valence-electron chi connectivity index (χ2n) is 4.81. The number of hydrogen-bond donors (Lipinski definition) is 1. The molecule has 2 heteroatoms. The summed E-state index contributed by atoms with van der Waals surface area (Å²) in [4.78, 5) is 0. The highest BCUT2D eigenvalue weighted by atomic mass is 19.1. The van der Waals surface area contributed by atoms with Crippen molar-refractivity contribution >= 4 is 0 Å². The standard InChI is InChI=1S/C14H20FN/c1-16-13-7-4-5-11(10-13)9-12-6-2-3-8-14(12)15/h2-3,6,8,11,13,16H,4-5,7,9-10H2,1H3. The van der Waals surface area contributed by atoms with Crippen LogP contribution in [0.15, 0.2) is 24.3 Å². The first-order chi connectivity index (χ1) is 7.79. The Balaban J connectivity index is 1.97. The lowest BCUT2D eigenvalue weighted by Gasteiger charge is -2.29. The smallest absolute Gasteiger partial charge is 0.126 e. The molecule has 0 amide bonds. The lowest BCUT2D eigenvalue weighted by Crippen LogP contribution is -2.32. The molecule has 1 N–H and O–H groups in total. The molecule has 0 aromatic heterocycles. The van der Waals surface area contributed by atoms with Gasteiger partial charge in [0.05, 0.1) is 0 Å². The summed E-state index contributed by atoms with van der Waals surface area (Å²) >= 11 is 0. The van der Waals surface area contributed by atoms with E-state index in [1.54, 1.807) is 12.1 Å². The van der Waals surface area contributed by atoms with Crippen molar-refractivity contribution in [2.24, 2.45) is 5.92 Å². The van der Waals surface area contributed by atoms with Crippen LogP contribution in [0.1, 0.15) is 31.2 Å². The molecule has 0 aliphatic heterocycles. The summed E-state index contributed by atoms with van der Waals surface area (Å²) in [6.45, 7) is 0. The van der Waals surface area contributed by atoms with Crippen LogP contribution in [0, 0.1) is 11.7 Å². The minimum Gasteiger partial charge on any atom is -0.317 e. The second kappa shape index (κ2) is 5.44. The summed E-state index contributed by atoms with van der Waals surface area (Å²) in [6.07, 6.45) is 5.86. The van der Waals surface area contributed by atoms with Gasteiger partial charge in [-0.2, -0.15) is 0 Å². The largest absolute Gasteiger partial charge is 0.317 e. The van der Waals surface area contributed by atoms with Gasteiger partial charge in [-0.3, -0.25) is 0 Å². The molecule has 1 fully saturated rings. The average Bonchev–Trinajstić information content (AvgIpc) is 2.32. The molecule has 0 heterocycles. The second-order valence-corrected chi connectivity index (χ2v) is 4.81. The molecule has 2 unspecified atom stereocenters. The molecule has 16 heavy (non-hydrogen) atoms. The Labute approximate surface area is 97.1 Å². The van der Waals surface area contributed by atoms with Crippen LogP contribution in [-0.2, 0) is 6.42 Å². The lowest BCUT2D eigenvalue weighted by molar-refractivity contribution is 0.292. The van der Waals surface area contributed by atoms with E-state index in [0.29, 0.717) is 12.0 Å². The molecule has 0 spiro atoms. The Kier molecular flexibility index (Phi) is 3.94. The molecule has 0 radical (unpaired) electrons. The first kappa shape index (κ1) is 11.6. The van der Waals surface area contributed by atoms with E-state index in [4.69, 9.17) is 0 Å². The van der Waals surface area contributed by atoms with Crippen LogP contribution in [-0.4, -0.2) is 13.1 Å². The van der Waals surface area contributed by atoms with Gasteiger partial charge in [0.1, 0.15) is 5.82 Å². The summed E-state index contributed by atoms with van der Waals surface area (Å²) in [6, 6.07) is 7.80. The summed E-state index contributed by atoms with van der Waals surface area (Å²) < 4.78 is 13.5. The molecule has 1 aromatic carbocycles. The molecule has 1 saturated carbocycles. The van der Waals surface area contributed by atoms with E-state index >= 15 is 0 Å². The maximum atomic E-state index is 13.5. The zero-order valence-corrected chi connectivity index (χ0v) is 9.88. The third kappa shape index (κ3) is 2.82. The fourth-order valence-electron chi connectivity index (χ4n) is 2.71. The number of rotatable bonds is 3. The first-order valence-corrected chi connectivity index (χ1v) is 6.20. The third-order valence-electron chi connectivity index (χ3n) is 3.66. The van der Waals surface area contributed by atoms with Gasteiger partial charge in [0, 0.05) is 6.04 Å². The zero-order valence-electron chi connectivity index (χ0n) is 9.88. The molecule has 0 bridgehead atoms. The van der Waals surface area contributed by atoms with Crippen molar-refractivity contribution in [3.8, 4) is 0 Å². The van der Waals surface area contributed by atoms with Crippen LogP contribution in [0.4, 0.5) is 4.39 Å². The van der Waals surface area contributed by atoms with Gasteiger partial charge in [0.25, 0.3) is 0 Å². The molecule has 2 atom stereocenters. The highest BCUT2D eigenvalue weighted by Crippen LogP contribution is 2.27. The van der Waals surface area contributed by atoms with E-state index in [1.807, 2.05) is 19.2 Å². The van der Waals surface area contributed by atoms with E-state index in [-0.39, 0.29) is 5.82 Å². The monoisotopic (exact) mass is 221 g/mol. The normalized spacial score (nSPS) is 25.6. The Morgan fingerprint density at radius 2 is 2.12 bits per heavy atom. The number of halogens is 1. The van der Waals surface area contributed by atoms with Gasteiger partial charge in [-0.15, -0.1) is 0 Å². The van der Waals surface area contributed by atoms with Crippen molar-refractivity contribution in [1.82, 2.24) is 5.32 Å². The molecule has 1 aliphatic carbocycles. The average molecular weight is 221 g/mol. The van der Waals surface area contributed by atoms with Crippen LogP contribution >= 0.6 is 0 Å². The quantitative estimate of drug-likeness (QED) is 0.826. The lowest BCUT2D eigenvalue weighted by atomic mass is 9.82. The van der Waals surface area contributed by atoms with Gasteiger partial charge in [-0.1, -0.05) is 31.0 Å². The molecular weight excluding hydrogens is 201 g/mol. The van der Waals surface area contributed by atoms with E-state index in [9.17, 15) is 4.39 Å². The summed E-state index contributed by atoms with van der Waals surface area (Å²) in [5, 5.41) is 3.34. The van der Waals surface area contributed by atoms with Gasteiger partial charge < -0.3 is 5.32 Å². The van der Waals surface area contributed by atoms with Gasteiger partial charge in [-0.25, -0.2) is 4.39 Å². The van der Waals surface area contributed by atoms with Crippen molar-refractivity contribution in [2.75, 3.05) is 7.05 Å². The van der Waals surface area contributed by atoms with Crippen molar-refractivity contribution in [1.29, 1.82) is 0 Å². The van der Waals surface area contributed by atoms with Crippen molar-refractivity contribution in [3.05, 3.63) is 35.6 Å². The van der Waals surface area contributed by atoms with E-state index < -0.39 is 0 Å². The van der Waals surface area contributed by atoms with E-state index in [1.165, 1.54) is 25.7 Å². The fraction of sp³-hybridized carbons (Fsp3) is 0.571. The summed E-state index contributed by atoms with van der Waals surface area (Å²) in [7, 11) is 2.02. The van der Waals surface area contributed by atoms with Crippen LogP contribution in [0.25, 0.3) is 0 Å². The first-order valence-electron chi connectivity index (χ1n) is 6.20. The SMILES string of the molecule is CNC1CCCC(Cc2ccccc2F)C1. The van der Waals surface area contributed by atoms with Gasteiger partial charge in [0.2, 0.25) is 0 Å². The van der Waals surface area contributed by atoms with Gasteiger partial charge >= 0.3 is 0 Å². The topological polar surface area (TPSA) is 12.0 Å². The van der Waals surface area contributed by atoms with Gasteiger partial charge in [0.15, 0.2) is 0 Å². The maximum Gasteiger partial charge on any atom is 0.126 e. The Morgan fingerprint density at radius 1 is 1.31 bits per heavy atom. The van der Waals surface area contributed by atoms with Crippen molar-refractivity contribution in [2.45, 2.75) is 38.1 Å². The number of nitrogens with one attached hydrogen (secondary N) is 1. The van der Waals surface area contributed by atoms with E-state index in [2.05, 4.69) is 5.32 Å². The van der Waals surface area contributed by atoms with Crippen LogP contribution < -0.4 is 5.32 Å². The van der Waals surface area contributed by atoms with Crippen LogP contribution in [0.5, 0.6) is 0 Å². The number of hydrogen-bond acceptors (Lipinski definition) is 1. The molecular formula is C14H20FN. The number of benzene rings is 1. The Morgan fingerprint density at radius 3 is 2.88 bits per heavy atom. The Bertz CT molecular complexity index is 337. The van der Waals surface area contributed by atoms with E-state index in [0.717, 1.165) is 12.0 Å². The predicted molar refractivity (Wildman–Crippen MR) is 64.9 cm³/mol. The third-order valence-corrected chi connectivity index (χ3v) is 3.66. The molecule has 1 aromatic rings. The van der Waals surface area contributed by atoms with Crippen molar-refractivity contribution < 1.29 is 4.39 Å². The van der Waals surface area contributed by atoms with Crippen LogP contribution in [0.2, 0.25) is 0 Å². The molecule has 0 saturated heterocycles. The highest BCUT2D eigenvalue weighted by Gasteiger charge is 2.21. The predicted octanol–water partition coefficient (Wildman–Crippen LogP) is 3.15. The molecule has 1 nitrogen and oxygen atoms in total. The molecule has 88 valence electrons. The zero-order chi connectivity index (χ0) is 11.4. The Hall–Kier alpha value is -0.890. The summed E-state index contributed by atoms with van der Waals surface area (Å²) in [5.74, 6) is 0.595. The minimum absolute atomic E-state index is 0.0471.